The lowest BCUT2D eigenvalue weighted by Gasteiger charge is -2.37. The fourth-order valence-corrected chi connectivity index (χ4v) is 6.36. The third-order valence-electron chi connectivity index (χ3n) is 5.06. The number of amides is 1. The van der Waals surface area contributed by atoms with Crippen LogP contribution in [0.3, 0.4) is 0 Å². The van der Waals surface area contributed by atoms with E-state index in [1.807, 2.05) is 13.8 Å². The molecule has 2 aliphatic rings. The molecule has 0 radical (unpaired) electrons. The molecule has 27 heavy (non-hydrogen) atoms. The smallest absolute Gasteiger partial charge is 0.246 e. The van der Waals surface area contributed by atoms with Gasteiger partial charge in [-0.05, 0) is 38.8 Å². The highest BCUT2D eigenvalue weighted by molar-refractivity contribution is 7.89. The summed E-state index contributed by atoms with van der Waals surface area (Å²) < 4.78 is 42.0. The summed E-state index contributed by atoms with van der Waals surface area (Å²) in [5.41, 5.74) is 0.924. The van der Waals surface area contributed by atoms with E-state index in [0.29, 0.717) is 43.5 Å². The number of benzene rings is 1. The summed E-state index contributed by atoms with van der Waals surface area (Å²) in [5.74, 6) is -0.137. The minimum atomic E-state index is -3.84. The lowest BCUT2D eigenvalue weighted by atomic mass is 10.1. The van der Waals surface area contributed by atoms with E-state index in [0.717, 1.165) is 11.7 Å². The highest BCUT2D eigenvalue weighted by Crippen LogP contribution is 2.31. The number of rotatable bonds is 3. The number of sulfonamides is 1. The Balaban J connectivity index is 1.64. The predicted molar refractivity (Wildman–Crippen MR) is 101 cm³/mol. The van der Waals surface area contributed by atoms with Crippen molar-refractivity contribution in [3.63, 3.8) is 0 Å². The van der Waals surface area contributed by atoms with Crippen molar-refractivity contribution in [2.45, 2.75) is 49.8 Å². The van der Waals surface area contributed by atoms with Gasteiger partial charge in [-0.2, -0.15) is 13.1 Å². The summed E-state index contributed by atoms with van der Waals surface area (Å²) in [5, 5.41) is 0. The first kappa shape index (κ1) is 18.7. The molecule has 1 aromatic carbocycles. The molecule has 2 fully saturated rings. The number of carbonyl (C=O) groups is 1. The van der Waals surface area contributed by atoms with E-state index in [4.69, 9.17) is 4.74 Å². The van der Waals surface area contributed by atoms with E-state index < -0.39 is 16.1 Å². The summed E-state index contributed by atoms with van der Waals surface area (Å²) in [6.07, 6.45) is 1.08. The first-order valence-electron chi connectivity index (χ1n) is 9.05. The van der Waals surface area contributed by atoms with Crippen LogP contribution >= 0.6 is 11.7 Å². The molecule has 8 nitrogen and oxygen atoms in total. The second-order valence-corrected chi connectivity index (χ2v) is 9.55. The van der Waals surface area contributed by atoms with E-state index in [-0.39, 0.29) is 23.0 Å². The highest BCUT2D eigenvalue weighted by atomic mass is 32.2. The molecule has 0 unspecified atom stereocenters. The molecule has 0 saturated carbocycles. The van der Waals surface area contributed by atoms with Crippen LogP contribution in [-0.4, -0.2) is 70.2 Å². The van der Waals surface area contributed by atoms with Crippen LogP contribution < -0.4 is 0 Å². The van der Waals surface area contributed by atoms with Gasteiger partial charge in [0.1, 0.15) is 22.0 Å². The van der Waals surface area contributed by atoms with Crippen molar-refractivity contribution in [2.24, 2.45) is 0 Å². The van der Waals surface area contributed by atoms with Crippen LogP contribution in [0.15, 0.2) is 23.1 Å². The normalized spacial score (nSPS) is 27.3. The van der Waals surface area contributed by atoms with Crippen LogP contribution in [0.4, 0.5) is 0 Å². The standard InChI is InChI=1S/C17H22N4O4S2/c1-11-9-20(10-12(2)25-11)17(22)14-6-4-8-21(14)27(23,24)15-7-3-5-13-16(15)19-26-18-13/h3,5,7,11-12,14H,4,6,8-10H2,1-2H3/t11-,12-,14-/m0/s1. The zero-order valence-corrected chi connectivity index (χ0v) is 16.9. The largest absolute Gasteiger partial charge is 0.372 e. The molecule has 4 rings (SSSR count). The van der Waals surface area contributed by atoms with Gasteiger partial charge in [0.05, 0.1) is 23.9 Å². The molecule has 1 aromatic heterocycles. The van der Waals surface area contributed by atoms with Crippen LogP contribution in [0, 0.1) is 0 Å². The Morgan fingerprint density at radius 3 is 2.70 bits per heavy atom. The summed E-state index contributed by atoms with van der Waals surface area (Å²) in [4.78, 5) is 15.0. The number of hydrogen-bond acceptors (Lipinski definition) is 7. The number of hydrogen-bond donors (Lipinski definition) is 0. The zero-order valence-electron chi connectivity index (χ0n) is 15.2. The molecule has 2 aliphatic heterocycles. The van der Waals surface area contributed by atoms with Crippen LogP contribution in [0.1, 0.15) is 26.7 Å². The SMILES string of the molecule is C[C@H]1CN(C(=O)[C@@H]2CCCN2S(=O)(=O)c2cccc3nsnc23)C[C@H](C)O1. The van der Waals surface area contributed by atoms with E-state index >= 15 is 0 Å². The van der Waals surface area contributed by atoms with Crippen molar-refractivity contribution in [2.75, 3.05) is 19.6 Å². The van der Waals surface area contributed by atoms with Gasteiger partial charge in [0.25, 0.3) is 0 Å². The Morgan fingerprint density at radius 1 is 1.22 bits per heavy atom. The molecule has 3 heterocycles. The maximum atomic E-state index is 13.3. The minimum Gasteiger partial charge on any atom is -0.372 e. The molecule has 146 valence electrons. The molecule has 10 heteroatoms. The van der Waals surface area contributed by atoms with Gasteiger partial charge in [-0.25, -0.2) is 8.42 Å². The molecule has 2 aromatic rings. The van der Waals surface area contributed by atoms with Gasteiger partial charge in [0.15, 0.2) is 0 Å². The third-order valence-corrected chi connectivity index (χ3v) is 7.54. The fourth-order valence-electron chi connectivity index (χ4n) is 3.96. The zero-order chi connectivity index (χ0) is 19.2. The molecule has 1 amide bonds. The van der Waals surface area contributed by atoms with Crippen LogP contribution in [0.2, 0.25) is 0 Å². The second kappa shape index (κ2) is 7.08. The average Bonchev–Trinajstić information content (AvgIpc) is 3.29. The van der Waals surface area contributed by atoms with Gasteiger partial charge >= 0.3 is 0 Å². The summed E-state index contributed by atoms with van der Waals surface area (Å²) in [6, 6.07) is 4.27. The summed E-state index contributed by atoms with van der Waals surface area (Å²) in [6.45, 7) is 5.16. The van der Waals surface area contributed by atoms with Gasteiger partial charge in [0, 0.05) is 19.6 Å². The molecule has 3 atom stereocenters. The summed E-state index contributed by atoms with van der Waals surface area (Å²) in [7, 11) is -3.84. The predicted octanol–water partition coefficient (Wildman–Crippen LogP) is 1.48. The van der Waals surface area contributed by atoms with E-state index in [9.17, 15) is 13.2 Å². The van der Waals surface area contributed by atoms with Gasteiger partial charge in [-0.3, -0.25) is 4.79 Å². The molecular weight excluding hydrogens is 388 g/mol. The number of fused-ring (bicyclic) bond motifs is 1. The van der Waals surface area contributed by atoms with Crippen molar-refractivity contribution < 1.29 is 17.9 Å². The number of carbonyl (C=O) groups excluding carboxylic acids is 1. The van der Waals surface area contributed by atoms with E-state index in [1.165, 1.54) is 10.4 Å². The first-order valence-corrected chi connectivity index (χ1v) is 11.2. The Kier molecular flexibility index (Phi) is 4.91. The summed E-state index contributed by atoms with van der Waals surface area (Å²) >= 11 is 0.984. The van der Waals surface area contributed by atoms with Crippen molar-refractivity contribution in [3.05, 3.63) is 18.2 Å². The van der Waals surface area contributed by atoms with Crippen molar-refractivity contribution in [1.82, 2.24) is 18.0 Å². The fraction of sp³-hybridized carbons (Fsp3) is 0.588. The minimum absolute atomic E-state index is 0.0565. The number of ether oxygens (including phenoxy) is 1. The Morgan fingerprint density at radius 2 is 1.96 bits per heavy atom. The molecule has 0 spiro atoms. The number of aromatic nitrogens is 2. The lowest BCUT2D eigenvalue weighted by molar-refractivity contribution is -0.146. The third kappa shape index (κ3) is 3.35. The van der Waals surface area contributed by atoms with Gasteiger partial charge in [0.2, 0.25) is 15.9 Å². The molecular formula is C17H22N4O4S2. The molecule has 0 aliphatic carbocycles. The van der Waals surface area contributed by atoms with E-state index in [2.05, 4.69) is 8.75 Å². The van der Waals surface area contributed by atoms with Crippen molar-refractivity contribution in [3.8, 4) is 0 Å². The van der Waals surface area contributed by atoms with Crippen LogP contribution in [-0.2, 0) is 19.6 Å². The molecule has 0 bridgehead atoms. The highest BCUT2D eigenvalue weighted by Gasteiger charge is 2.43. The van der Waals surface area contributed by atoms with Gasteiger partial charge in [-0.15, -0.1) is 0 Å². The maximum Gasteiger partial charge on any atom is 0.246 e. The Bertz CT molecular complexity index is 951. The van der Waals surface area contributed by atoms with Gasteiger partial charge in [-0.1, -0.05) is 6.07 Å². The number of nitrogens with zero attached hydrogens (tertiary/aromatic N) is 4. The quantitative estimate of drug-likeness (QED) is 0.761. The van der Waals surface area contributed by atoms with Crippen molar-refractivity contribution >= 4 is 38.7 Å². The van der Waals surface area contributed by atoms with Gasteiger partial charge < -0.3 is 9.64 Å². The second-order valence-electron chi connectivity index (χ2n) is 7.16. The van der Waals surface area contributed by atoms with Crippen LogP contribution in [0.25, 0.3) is 11.0 Å². The monoisotopic (exact) mass is 410 g/mol. The maximum absolute atomic E-state index is 13.3. The topological polar surface area (TPSA) is 92.7 Å². The van der Waals surface area contributed by atoms with E-state index in [1.54, 1.807) is 17.0 Å². The van der Waals surface area contributed by atoms with Crippen LogP contribution in [0.5, 0.6) is 0 Å². The average molecular weight is 411 g/mol. The molecule has 2 saturated heterocycles. The molecule has 0 N–H and O–H groups in total. The Labute approximate surface area is 162 Å². The first-order chi connectivity index (χ1) is 12.9. The number of morpholine rings is 1. The Hall–Kier alpha value is -1.62. The van der Waals surface area contributed by atoms with Crippen molar-refractivity contribution in [1.29, 1.82) is 0 Å². The lowest BCUT2D eigenvalue weighted by Crippen LogP contribution is -2.54.